The van der Waals surface area contributed by atoms with Gasteiger partial charge in [-0.05, 0) is 49.9 Å². The molecule has 1 fully saturated rings. The molecule has 6 nitrogen and oxygen atoms in total. The normalized spacial score (nSPS) is 17.2. The van der Waals surface area contributed by atoms with Gasteiger partial charge in [0.2, 0.25) is 5.91 Å². The lowest BCUT2D eigenvalue weighted by Crippen LogP contribution is -2.32. The molecule has 134 valence electrons. The fraction of sp³-hybridized carbons (Fsp3) is 0.500. The molecule has 1 saturated heterocycles. The number of ether oxygens (including phenoxy) is 1. The predicted molar refractivity (Wildman–Crippen MR) is 89.2 cm³/mol. The van der Waals surface area contributed by atoms with E-state index in [1.807, 2.05) is 11.8 Å². The summed E-state index contributed by atoms with van der Waals surface area (Å²) < 4.78 is 23.4. The molecule has 1 amide bonds. The molecule has 2 aromatic rings. The monoisotopic (exact) mass is 347 g/mol. The molecule has 0 spiro atoms. The van der Waals surface area contributed by atoms with Crippen molar-refractivity contribution >= 4 is 5.91 Å². The van der Waals surface area contributed by atoms with Crippen molar-refractivity contribution in [2.45, 2.75) is 26.2 Å². The fourth-order valence-corrected chi connectivity index (χ4v) is 2.97. The molecule has 0 radical (unpaired) electrons. The van der Waals surface area contributed by atoms with E-state index in [1.54, 1.807) is 12.1 Å². The van der Waals surface area contributed by atoms with Gasteiger partial charge in [0.15, 0.2) is 5.82 Å². The molecule has 2 heterocycles. The SMILES string of the molecule is CCOCC(=O)N1CCC(CCc2noc(-c3ccc(F)cc3)n2)C1. The lowest BCUT2D eigenvalue weighted by Gasteiger charge is -2.16. The molecular weight excluding hydrogens is 325 g/mol. The minimum Gasteiger partial charge on any atom is -0.372 e. The third-order valence-electron chi connectivity index (χ3n) is 4.40. The van der Waals surface area contributed by atoms with Gasteiger partial charge in [-0.2, -0.15) is 4.98 Å². The Morgan fingerprint density at radius 1 is 1.40 bits per heavy atom. The Bertz CT molecular complexity index is 702. The van der Waals surface area contributed by atoms with Crippen LogP contribution >= 0.6 is 0 Å². The van der Waals surface area contributed by atoms with Gasteiger partial charge in [0.05, 0.1) is 0 Å². The van der Waals surface area contributed by atoms with Gasteiger partial charge in [-0.15, -0.1) is 0 Å². The third kappa shape index (κ3) is 4.63. The van der Waals surface area contributed by atoms with E-state index < -0.39 is 0 Å². The van der Waals surface area contributed by atoms with Crippen molar-refractivity contribution in [2.24, 2.45) is 5.92 Å². The Labute approximate surface area is 146 Å². The van der Waals surface area contributed by atoms with Crippen LogP contribution in [-0.2, 0) is 16.0 Å². The molecule has 1 aliphatic heterocycles. The average Bonchev–Trinajstić information content (AvgIpc) is 3.28. The minimum absolute atomic E-state index is 0.0579. The summed E-state index contributed by atoms with van der Waals surface area (Å²) in [6.07, 6.45) is 2.59. The van der Waals surface area contributed by atoms with Crippen molar-refractivity contribution < 1.29 is 18.4 Å². The summed E-state index contributed by atoms with van der Waals surface area (Å²) in [6, 6.07) is 5.97. The summed E-state index contributed by atoms with van der Waals surface area (Å²) in [5, 5.41) is 3.99. The molecule has 25 heavy (non-hydrogen) atoms. The molecule has 7 heteroatoms. The second kappa shape index (κ2) is 8.20. The zero-order valence-corrected chi connectivity index (χ0v) is 14.3. The molecule has 1 aliphatic rings. The molecule has 0 bridgehead atoms. The Kier molecular flexibility index (Phi) is 5.75. The van der Waals surface area contributed by atoms with Gasteiger partial charge >= 0.3 is 0 Å². The number of nitrogens with zero attached hydrogens (tertiary/aromatic N) is 3. The maximum atomic E-state index is 13.0. The van der Waals surface area contributed by atoms with Crippen LogP contribution in [0.2, 0.25) is 0 Å². The number of benzene rings is 1. The highest BCUT2D eigenvalue weighted by molar-refractivity contribution is 5.77. The standard InChI is InChI=1S/C18H22FN3O3/c1-2-24-12-17(23)22-10-9-13(11-22)3-8-16-20-18(25-21-16)14-4-6-15(19)7-5-14/h4-7,13H,2-3,8-12H2,1H3. The number of amides is 1. The molecule has 1 aromatic heterocycles. The zero-order chi connectivity index (χ0) is 17.6. The topological polar surface area (TPSA) is 68.5 Å². The van der Waals surface area contributed by atoms with E-state index in [4.69, 9.17) is 9.26 Å². The first-order valence-corrected chi connectivity index (χ1v) is 8.59. The number of aromatic nitrogens is 2. The summed E-state index contributed by atoms with van der Waals surface area (Å²) >= 11 is 0. The molecule has 1 unspecified atom stereocenters. The highest BCUT2D eigenvalue weighted by atomic mass is 19.1. The fourth-order valence-electron chi connectivity index (χ4n) is 2.97. The van der Waals surface area contributed by atoms with Crippen LogP contribution in [-0.4, -0.2) is 47.3 Å². The van der Waals surface area contributed by atoms with Gasteiger partial charge in [-0.3, -0.25) is 4.79 Å². The van der Waals surface area contributed by atoms with E-state index in [-0.39, 0.29) is 18.3 Å². The number of halogens is 1. The lowest BCUT2D eigenvalue weighted by atomic mass is 10.0. The molecule has 1 atom stereocenters. The van der Waals surface area contributed by atoms with Gasteiger partial charge in [0, 0.05) is 31.7 Å². The van der Waals surface area contributed by atoms with Gasteiger partial charge in [0.1, 0.15) is 12.4 Å². The Hall–Kier alpha value is -2.28. The van der Waals surface area contributed by atoms with E-state index in [1.165, 1.54) is 12.1 Å². The Morgan fingerprint density at radius 3 is 2.96 bits per heavy atom. The van der Waals surface area contributed by atoms with Crippen LogP contribution in [0.5, 0.6) is 0 Å². The maximum absolute atomic E-state index is 13.0. The summed E-state index contributed by atoms with van der Waals surface area (Å²) in [5.74, 6) is 1.24. The molecule has 0 N–H and O–H groups in total. The van der Waals surface area contributed by atoms with Gasteiger partial charge in [0.25, 0.3) is 5.89 Å². The number of rotatable bonds is 7. The number of hydrogen-bond donors (Lipinski definition) is 0. The van der Waals surface area contributed by atoms with E-state index >= 15 is 0 Å². The predicted octanol–water partition coefficient (Wildman–Crippen LogP) is 2.69. The van der Waals surface area contributed by atoms with Crippen LogP contribution in [0.3, 0.4) is 0 Å². The van der Waals surface area contributed by atoms with E-state index in [0.717, 1.165) is 25.9 Å². The molecule has 0 aliphatic carbocycles. The Balaban J connectivity index is 1.48. The summed E-state index contributed by atoms with van der Waals surface area (Å²) in [6.45, 7) is 4.13. The summed E-state index contributed by atoms with van der Waals surface area (Å²) in [4.78, 5) is 18.2. The first-order valence-electron chi connectivity index (χ1n) is 8.59. The number of carbonyl (C=O) groups excluding carboxylic acids is 1. The van der Waals surface area contributed by atoms with Crippen LogP contribution < -0.4 is 0 Å². The summed E-state index contributed by atoms with van der Waals surface area (Å²) in [5.41, 5.74) is 0.703. The molecule has 0 saturated carbocycles. The van der Waals surface area contributed by atoms with Crippen molar-refractivity contribution in [2.75, 3.05) is 26.3 Å². The first-order chi connectivity index (χ1) is 12.2. The first kappa shape index (κ1) is 17.5. The highest BCUT2D eigenvalue weighted by Gasteiger charge is 2.26. The van der Waals surface area contributed by atoms with E-state index in [9.17, 15) is 9.18 Å². The quantitative estimate of drug-likeness (QED) is 0.770. The summed E-state index contributed by atoms with van der Waals surface area (Å²) in [7, 11) is 0. The second-order valence-electron chi connectivity index (χ2n) is 6.19. The van der Waals surface area contributed by atoms with Crippen LogP contribution in [0.25, 0.3) is 11.5 Å². The third-order valence-corrected chi connectivity index (χ3v) is 4.40. The van der Waals surface area contributed by atoms with Gasteiger partial charge in [-0.1, -0.05) is 5.16 Å². The van der Waals surface area contributed by atoms with Crippen molar-refractivity contribution in [3.63, 3.8) is 0 Å². The van der Waals surface area contributed by atoms with Crippen LogP contribution in [0.4, 0.5) is 4.39 Å². The average molecular weight is 347 g/mol. The van der Waals surface area contributed by atoms with Crippen molar-refractivity contribution in [1.29, 1.82) is 0 Å². The van der Waals surface area contributed by atoms with Gasteiger partial charge in [-0.25, -0.2) is 4.39 Å². The molecular formula is C18H22FN3O3. The maximum Gasteiger partial charge on any atom is 0.257 e. The number of hydrogen-bond acceptors (Lipinski definition) is 5. The van der Waals surface area contributed by atoms with E-state index in [2.05, 4.69) is 10.1 Å². The van der Waals surface area contributed by atoms with Crippen LogP contribution in [0, 0.1) is 11.7 Å². The van der Waals surface area contributed by atoms with Gasteiger partial charge < -0.3 is 14.2 Å². The van der Waals surface area contributed by atoms with Crippen LogP contribution in [0.15, 0.2) is 28.8 Å². The number of aryl methyl sites for hydroxylation is 1. The lowest BCUT2D eigenvalue weighted by molar-refractivity contribution is -0.135. The van der Waals surface area contributed by atoms with Crippen molar-refractivity contribution in [3.05, 3.63) is 35.9 Å². The van der Waals surface area contributed by atoms with Crippen molar-refractivity contribution in [3.8, 4) is 11.5 Å². The highest BCUT2D eigenvalue weighted by Crippen LogP contribution is 2.22. The smallest absolute Gasteiger partial charge is 0.257 e. The minimum atomic E-state index is -0.298. The largest absolute Gasteiger partial charge is 0.372 e. The molecule has 1 aromatic carbocycles. The number of likely N-dealkylation sites (tertiary alicyclic amines) is 1. The van der Waals surface area contributed by atoms with Crippen LogP contribution in [0.1, 0.15) is 25.6 Å². The van der Waals surface area contributed by atoms with Crippen molar-refractivity contribution in [1.82, 2.24) is 15.0 Å². The molecule has 3 rings (SSSR count). The zero-order valence-electron chi connectivity index (χ0n) is 14.3. The van der Waals surface area contributed by atoms with E-state index in [0.29, 0.717) is 36.2 Å². The number of carbonyl (C=O) groups is 1. The Morgan fingerprint density at radius 2 is 2.20 bits per heavy atom. The second-order valence-corrected chi connectivity index (χ2v) is 6.19.